The van der Waals surface area contributed by atoms with E-state index < -0.39 is 0 Å². The van der Waals surface area contributed by atoms with Crippen molar-refractivity contribution in [1.82, 2.24) is 25.8 Å². The first-order chi connectivity index (χ1) is 13.3. The van der Waals surface area contributed by atoms with Crippen molar-refractivity contribution in [3.63, 3.8) is 0 Å². The molecule has 3 N–H and O–H groups in total. The Kier molecular flexibility index (Phi) is 5.38. The van der Waals surface area contributed by atoms with Gasteiger partial charge in [-0.2, -0.15) is 0 Å². The molecule has 0 bridgehead atoms. The maximum atomic E-state index is 5.31. The number of guanidine groups is 1. The molecular formula is C18H23N7OS. The van der Waals surface area contributed by atoms with Gasteiger partial charge in [-0.1, -0.05) is 0 Å². The molecule has 4 heterocycles. The van der Waals surface area contributed by atoms with E-state index in [1.54, 1.807) is 24.6 Å². The lowest BCUT2D eigenvalue weighted by Gasteiger charge is -2.33. The third-order valence-corrected chi connectivity index (χ3v) is 5.50. The largest absolute Gasteiger partial charge is 0.461 e. The van der Waals surface area contributed by atoms with E-state index >= 15 is 0 Å². The Morgan fingerprint density at radius 3 is 2.96 bits per heavy atom. The molecule has 0 unspecified atom stereocenters. The molecule has 4 rings (SSSR count). The first-order valence-electron chi connectivity index (χ1n) is 9.02. The minimum absolute atomic E-state index is 0.417. The Hall–Kier alpha value is -2.81. The van der Waals surface area contributed by atoms with Crippen LogP contribution in [0.5, 0.6) is 0 Å². The van der Waals surface area contributed by atoms with Crippen LogP contribution in [0.2, 0.25) is 0 Å². The molecule has 9 heteroatoms. The lowest BCUT2D eigenvalue weighted by molar-refractivity contribution is 0.462. The lowest BCUT2D eigenvalue weighted by atomic mass is 10.1. The summed E-state index contributed by atoms with van der Waals surface area (Å²) < 4.78 is 5.31. The van der Waals surface area contributed by atoms with E-state index in [4.69, 9.17) is 4.42 Å². The zero-order chi connectivity index (χ0) is 18.5. The number of aliphatic imine (C=N–C) groups is 1. The quantitative estimate of drug-likeness (QED) is 0.461. The van der Waals surface area contributed by atoms with Gasteiger partial charge in [0, 0.05) is 26.2 Å². The highest BCUT2D eigenvalue weighted by atomic mass is 32.1. The van der Waals surface area contributed by atoms with E-state index in [0.29, 0.717) is 24.2 Å². The van der Waals surface area contributed by atoms with Crippen molar-refractivity contribution in [2.45, 2.75) is 25.4 Å². The summed E-state index contributed by atoms with van der Waals surface area (Å²) in [6, 6.07) is 8.37. The van der Waals surface area contributed by atoms with Crippen LogP contribution in [-0.4, -0.2) is 47.3 Å². The summed E-state index contributed by atoms with van der Waals surface area (Å²) in [5, 5.41) is 17.4. The third kappa shape index (κ3) is 4.30. The second-order valence-electron chi connectivity index (χ2n) is 6.37. The molecule has 8 nitrogen and oxygen atoms in total. The molecule has 0 saturated carbocycles. The van der Waals surface area contributed by atoms with E-state index in [0.717, 1.165) is 37.7 Å². The minimum Gasteiger partial charge on any atom is -0.461 e. The summed E-state index contributed by atoms with van der Waals surface area (Å²) in [7, 11) is 1.78. The zero-order valence-electron chi connectivity index (χ0n) is 15.2. The molecule has 0 amide bonds. The number of furan rings is 1. The van der Waals surface area contributed by atoms with Crippen molar-refractivity contribution in [2.75, 3.05) is 25.0 Å². The highest BCUT2D eigenvalue weighted by molar-refractivity contribution is 7.14. The van der Waals surface area contributed by atoms with Gasteiger partial charge in [-0.15, -0.1) is 16.4 Å². The van der Waals surface area contributed by atoms with Crippen molar-refractivity contribution in [3.8, 4) is 11.6 Å². The number of anilines is 1. The Balaban J connectivity index is 1.25. The Morgan fingerprint density at radius 1 is 1.37 bits per heavy atom. The summed E-state index contributed by atoms with van der Waals surface area (Å²) in [6.07, 6.45) is 3.78. The van der Waals surface area contributed by atoms with Gasteiger partial charge < -0.3 is 20.0 Å². The average Bonchev–Trinajstić information content (AvgIpc) is 3.47. The number of nitrogens with one attached hydrogen (secondary N) is 3. The molecule has 1 aliphatic heterocycles. The zero-order valence-corrected chi connectivity index (χ0v) is 16.0. The van der Waals surface area contributed by atoms with Gasteiger partial charge in [-0.25, -0.2) is 4.98 Å². The monoisotopic (exact) mass is 385 g/mol. The molecule has 0 spiro atoms. The molecule has 0 atom stereocenters. The highest BCUT2D eigenvalue weighted by Crippen LogP contribution is 2.24. The molecule has 0 aliphatic carbocycles. The normalized spacial score (nSPS) is 15.9. The van der Waals surface area contributed by atoms with Gasteiger partial charge in [0.25, 0.3) is 0 Å². The Bertz CT molecular complexity index is 848. The summed E-state index contributed by atoms with van der Waals surface area (Å²) in [5.74, 6) is 2.72. The van der Waals surface area contributed by atoms with Crippen LogP contribution in [-0.2, 0) is 6.54 Å². The SMILES string of the molecule is CN=C(NCc1nc(-c2ccco2)n[nH]1)NC1CCN(c2cccs2)CC1. The standard InChI is InChI=1S/C18H23N7OS/c1-19-18(20-12-15-22-17(24-23-15)14-4-2-10-26-14)21-13-6-8-25(9-7-13)16-5-3-11-27-16/h2-5,10-11,13H,6-9,12H2,1H3,(H2,19,20,21)(H,22,23,24). The van der Waals surface area contributed by atoms with Gasteiger partial charge in [0.2, 0.25) is 5.82 Å². The molecule has 1 aliphatic rings. The molecular weight excluding hydrogens is 362 g/mol. The van der Waals surface area contributed by atoms with Gasteiger partial charge in [0.1, 0.15) is 5.82 Å². The highest BCUT2D eigenvalue weighted by Gasteiger charge is 2.20. The van der Waals surface area contributed by atoms with Crippen LogP contribution < -0.4 is 15.5 Å². The van der Waals surface area contributed by atoms with Crippen LogP contribution in [0.25, 0.3) is 11.6 Å². The van der Waals surface area contributed by atoms with Crippen molar-refractivity contribution < 1.29 is 4.42 Å². The van der Waals surface area contributed by atoms with Gasteiger partial charge in [0.05, 0.1) is 17.8 Å². The van der Waals surface area contributed by atoms with Crippen LogP contribution in [0.4, 0.5) is 5.00 Å². The van der Waals surface area contributed by atoms with Crippen molar-refractivity contribution >= 4 is 22.3 Å². The Labute approximate surface area is 161 Å². The van der Waals surface area contributed by atoms with Crippen LogP contribution >= 0.6 is 11.3 Å². The van der Waals surface area contributed by atoms with E-state index in [9.17, 15) is 0 Å². The average molecular weight is 385 g/mol. The predicted octanol–water partition coefficient (Wildman–Crippen LogP) is 2.46. The molecule has 1 saturated heterocycles. The maximum absolute atomic E-state index is 5.31. The Morgan fingerprint density at radius 2 is 2.26 bits per heavy atom. The van der Waals surface area contributed by atoms with Gasteiger partial charge in [-0.05, 0) is 42.5 Å². The molecule has 3 aromatic rings. The van der Waals surface area contributed by atoms with E-state index in [1.165, 1.54) is 5.00 Å². The van der Waals surface area contributed by atoms with E-state index in [-0.39, 0.29) is 0 Å². The fourth-order valence-electron chi connectivity index (χ4n) is 3.14. The number of aromatic amines is 1. The maximum Gasteiger partial charge on any atom is 0.216 e. The minimum atomic E-state index is 0.417. The number of rotatable bonds is 5. The fraction of sp³-hybridized carbons (Fsp3) is 0.389. The molecule has 27 heavy (non-hydrogen) atoms. The molecule has 3 aromatic heterocycles. The third-order valence-electron chi connectivity index (χ3n) is 4.57. The number of hydrogen-bond donors (Lipinski definition) is 3. The molecule has 0 radical (unpaired) electrons. The topological polar surface area (TPSA) is 94.4 Å². The molecule has 142 valence electrons. The summed E-state index contributed by atoms with van der Waals surface area (Å²) in [5.41, 5.74) is 0. The number of H-pyrrole nitrogens is 1. The molecule has 1 fully saturated rings. The molecule has 0 aromatic carbocycles. The predicted molar refractivity (Wildman–Crippen MR) is 107 cm³/mol. The lowest BCUT2D eigenvalue weighted by Crippen LogP contribution is -2.48. The van der Waals surface area contributed by atoms with Crippen LogP contribution in [0.1, 0.15) is 18.7 Å². The van der Waals surface area contributed by atoms with E-state index in [1.807, 2.05) is 12.1 Å². The van der Waals surface area contributed by atoms with E-state index in [2.05, 4.69) is 53.2 Å². The fourth-order valence-corrected chi connectivity index (χ4v) is 3.93. The number of thiophene rings is 1. The first-order valence-corrected chi connectivity index (χ1v) is 9.90. The smallest absolute Gasteiger partial charge is 0.216 e. The van der Waals surface area contributed by atoms with Crippen LogP contribution in [0.15, 0.2) is 45.3 Å². The second-order valence-corrected chi connectivity index (χ2v) is 7.29. The van der Waals surface area contributed by atoms with Crippen LogP contribution in [0.3, 0.4) is 0 Å². The summed E-state index contributed by atoms with van der Waals surface area (Å²) >= 11 is 1.80. The van der Waals surface area contributed by atoms with Crippen molar-refractivity contribution in [2.24, 2.45) is 4.99 Å². The number of aromatic nitrogens is 3. The van der Waals surface area contributed by atoms with Gasteiger partial charge in [0.15, 0.2) is 11.7 Å². The van der Waals surface area contributed by atoms with Gasteiger partial charge >= 0.3 is 0 Å². The number of piperidine rings is 1. The van der Waals surface area contributed by atoms with Crippen LogP contribution in [0, 0.1) is 0 Å². The van der Waals surface area contributed by atoms with Crippen molar-refractivity contribution in [1.29, 1.82) is 0 Å². The van der Waals surface area contributed by atoms with Gasteiger partial charge in [-0.3, -0.25) is 10.1 Å². The number of nitrogens with zero attached hydrogens (tertiary/aromatic N) is 4. The first kappa shape index (κ1) is 17.6. The summed E-state index contributed by atoms with van der Waals surface area (Å²) in [4.78, 5) is 11.2. The van der Waals surface area contributed by atoms with Crippen molar-refractivity contribution in [3.05, 3.63) is 41.7 Å². The summed E-state index contributed by atoms with van der Waals surface area (Å²) in [6.45, 7) is 2.63. The second kappa shape index (κ2) is 8.26. The number of hydrogen-bond acceptors (Lipinski definition) is 6.